The van der Waals surface area contributed by atoms with Crippen molar-refractivity contribution in [1.82, 2.24) is 15.1 Å². The Kier molecular flexibility index (Phi) is 20.4. The molecule has 0 bridgehead atoms. The highest BCUT2D eigenvalue weighted by molar-refractivity contribution is 7.80. The maximum Gasteiger partial charge on any atom is 0.488 e. The fraction of sp³-hybridized carbons (Fsp3) is 0.457. The summed E-state index contributed by atoms with van der Waals surface area (Å²) in [5, 5.41) is 43.2. The van der Waals surface area contributed by atoms with Crippen molar-refractivity contribution >= 4 is 43.7 Å². The Morgan fingerprint density at radius 3 is 1.60 bits per heavy atom. The van der Waals surface area contributed by atoms with E-state index in [1.54, 1.807) is 12.1 Å². The molecule has 0 spiro atoms. The summed E-state index contributed by atoms with van der Waals surface area (Å²) < 4.78 is 0. The average Bonchev–Trinajstić information content (AvgIpc) is 3.21. The SMILES string of the molecule is CC(C)(CC(CS)c1ccccc1)C(=O)NCCCCCCN(CCCCCCN(Cc1ccccc1)Cc1ccccc1B(O)O)Cc1ccccc1B(O)O. The van der Waals surface area contributed by atoms with E-state index in [2.05, 4.69) is 64.1 Å². The monoisotopic (exact) mass is 793 g/mol. The summed E-state index contributed by atoms with van der Waals surface area (Å²) in [6.07, 6.45) is 9.05. The summed E-state index contributed by atoms with van der Waals surface area (Å²) in [5.41, 5.74) is 4.94. The Labute approximate surface area is 348 Å². The van der Waals surface area contributed by atoms with Gasteiger partial charge in [0, 0.05) is 31.6 Å². The molecule has 0 saturated heterocycles. The molecule has 0 aliphatic rings. The van der Waals surface area contributed by atoms with Crippen molar-refractivity contribution in [3.63, 3.8) is 0 Å². The molecule has 0 aliphatic heterocycles. The summed E-state index contributed by atoms with van der Waals surface area (Å²) >= 11 is 4.58. The van der Waals surface area contributed by atoms with Crippen LogP contribution in [0.4, 0.5) is 0 Å². The molecule has 8 nitrogen and oxygen atoms in total. The predicted octanol–water partition coefficient (Wildman–Crippen LogP) is 5.92. The first kappa shape index (κ1) is 46.3. The molecule has 4 rings (SSSR count). The number of unbranched alkanes of at least 4 members (excludes halogenated alkanes) is 6. The zero-order chi connectivity index (χ0) is 40.9. The van der Waals surface area contributed by atoms with Gasteiger partial charge >= 0.3 is 14.2 Å². The highest BCUT2D eigenvalue weighted by atomic mass is 32.1. The van der Waals surface area contributed by atoms with Crippen LogP contribution in [-0.4, -0.2) is 82.0 Å². The van der Waals surface area contributed by atoms with E-state index in [9.17, 15) is 24.9 Å². The first-order chi connectivity index (χ1) is 27.6. The van der Waals surface area contributed by atoms with E-state index in [4.69, 9.17) is 0 Å². The van der Waals surface area contributed by atoms with E-state index in [1.807, 2.05) is 74.5 Å². The number of rotatable bonds is 27. The lowest BCUT2D eigenvalue weighted by Crippen LogP contribution is -2.38. The number of nitrogens with one attached hydrogen (secondary N) is 1. The van der Waals surface area contributed by atoms with E-state index >= 15 is 0 Å². The van der Waals surface area contributed by atoms with Gasteiger partial charge < -0.3 is 25.4 Å². The smallest absolute Gasteiger partial charge is 0.423 e. The third-order valence-electron chi connectivity index (χ3n) is 11.0. The molecule has 0 fully saturated rings. The van der Waals surface area contributed by atoms with Gasteiger partial charge in [-0.05, 0) is 96.6 Å². The molecule has 0 saturated carbocycles. The van der Waals surface area contributed by atoms with Gasteiger partial charge in [0.1, 0.15) is 0 Å². The van der Waals surface area contributed by atoms with Crippen LogP contribution in [0.15, 0.2) is 109 Å². The van der Waals surface area contributed by atoms with Crippen LogP contribution >= 0.6 is 12.6 Å². The molecule has 5 N–H and O–H groups in total. The van der Waals surface area contributed by atoms with Gasteiger partial charge in [-0.15, -0.1) is 0 Å². The lowest BCUT2D eigenvalue weighted by molar-refractivity contribution is -0.129. The zero-order valence-corrected chi connectivity index (χ0v) is 35.1. The molecule has 0 aromatic heterocycles. The van der Waals surface area contributed by atoms with E-state index in [-0.39, 0.29) is 11.8 Å². The predicted molar refractivity (Wildman–Crippen MR) is 240 cm³/mol. The molecular weight excluding hydrogens is 728 g/mol. The molecule has 1 amide bonds. The molecule has 0 heterocycles. The van der Waals surface area contributed by atoms with Crippen molar-refractivity contribution in [3.05, 3.63) is 131 Å². The van der Waals surface area contributed by atoms with Crippen LogP contribution in [0.25, 0.3) is 0 Å². The van der Waals surface area contributed by atoms with Crippen molar-refractivity contribution in [2.45, 2.75) is 97.2 Å². The third-order valence-corrected chi connectivity index (χ3v) is 11.4. The van der Waals surface area contributed by atoms with Crippen LogP contribution in [-0.2, 0) is 24.4 Å². The Morgan fingerprint density at radius 2 is 1.07 bits per heavy atom. The minimum Gasteiger partial charge on any atom is -0.423 e. The number of carbonyl (C=O) groups excluding carboxylic acids is 1. The Bertz CT molecular complexity index is 1720. The van der Waals surface area contributed by atoms with E-state index in [1.165, 1.54) is 11.1 Å². The van der Waals surface area contributed by atoms with Crippen molar-refractivity contribution in [3.8, 4) is 0 Å². The second kappa shape index (κ2) is 25.2. The van der Waals surface area contributed by atoms with Crippen LogP contribution in [0, 0.1) is 5.41 Å². The number of hydrogen-bond donors (Lipinski definition) is 6. The van der Waals surface area contributed by atoms with Crippen LogP contribution in [0.5, 0.6) is 0 Å². The Hall–Kier alpha value is -3.41. The number of amides is 1. The third kappa shape index (κ3) is 16.4. The fourth-order valence-corrected chi connectivity index (χ4v) is 8.01. The normalized spacial score (nSPS) is 12.2. The van der Waals surface area contributed by atoms with Gasteiger partial charge in [-0.3, -0.25) is 14.6 Å². The van der Waals surface area contributed by atoms with Gasteiger partial charge in [-0.1, -0.05) is 149 Å². The molecule has 1 unspecified atom stereocenters. The largest absolute Gasteiger partial charge is 0.488 e. The second-order valence-electron chi connectivity index (χ2n) is 16.1. The van der Waals surface area contributed by atoms with Crippen LogP contribution in [0.2, 0.25) is 0 Å². The quantitative estimate of drug-likeness (QED) is 0.0253. The van der Waals surface area contributed by atoms with E-state index in [0.29, 0.717) is 36.3 Å². The molecular formula is C46H65B2N3O5S. The lowest BCUT2D eigenvalue weighted by Gasteiger charge is -2.28. The minimum atomic E-state index is -1.50. The van der Waals surface area contributed by atoms with Crippen molar-refractivity contribution < 1.29 is 24.9 Å². The number of hydrogen-bond acceptors (Lipinski definition) is 8. The van der Waals surface area contributed by atoms with Crippen molar-refractivity contribution in [2.24, 2.45) is 5.41 Å². The summed E-state index contributed by atoms with van der Waals surface area (Å²) in [7, 11) is -3.00. The Morgan fingerprint density at radius 1 is 0.614 bits per heavy atom. The minimum absolute atomic E-state index is 0.0943. The van der Waals surface area contributed by atoms with Crippen molar-refractivity contribution in [2.75, 3.05) is 31.9 Å². The molecule has 57 heavy (non-hydrogen) atoms. The maximum absolute atomic E-state index is 13.2. The summed E-state index contributed by atoms with van der Waals surface area (Å²) in [6.45, 7) is 9.56. The summed E-state index contributed by atoms with van der Waals surface area (Å²) in [5.74, 6) is 1.02. The van der Waals surface area contributed by atoms with E-state index < -0.39 is 19.7 Å². The highest BCUT2D eigenvalue weighted by Gasteiger charge is 2.31. The zero-order valence-electron chi connectivity index (χ0n) is 34.2. The molecule has 4 aromatic carbocycles. The summed E-state index contributed by atoms with van der Waals surface area (Å²) in [4.78, 5) is 18.0. The standard InChI is InChI=1S/C46H65B2N3O5S/c1-46(2,33-42(37-57)39-23-11-8-12-24-39)45(52)49-29-17-3-4-18-30-50(35-40-25-13-15-27-43(40)47(53)54)31-19-5-6-20-32-51(34-38-21-9-7-10-22-38)36-41-26-14-16-28-44(41)48(55)56/h7-16,21-28,42,53-57H,3-6,17-20,29-37H2,1-2H3,(H,49,52). The molecule has 0 aliphatic carbocycles. The first-order valence-corrected chi connectivity index (χ1v) is 21.5. The maximum atomic E-state index is 13.2. The topological polar surface area (TPSA) is 117 Å². The molecule has 1 atom stereocenters. The molecule has 0 radical (unpaired) electrons. The average molecular weight is 794 g/mol. The van der Waals surface area contributed by atoms with Gasteiger partial charge in [0.25, 0.3) is 0 Å². The van der Waals surface area contributed by atoms with Crippen LogP contribution < -0.4 is 16.2 Å². The van der Waals surface area contributed by atoms with Gasteiger partial charge in [-0.2, -0.15) is 12.6 Å². The molecule has 11 heteroatoms. The number of nitrogens with zero attached hydrogens (tertiary/aromatic N) is 2. The van der Waals surface area contributed by atoms with E-state index in [0.717, 1.165) is 95.1 Å². The van der Waals surface area contributed by atoms with Crippen LogP contribution in [0.3, 0.4) is 0 Å². The van der Waals surface area contributed by atoms with Gasteiger partial charge in [0.15, 0.2) is 0 Å². The lowest BCUT2D eigenvalue weighted by atomic mass is 9.77. The number of benzene rings is 4. The second-order valence-corrected chi connectivity index (χ2v) is 16.4. The van der Waals surface area contributed by atoms with Gasteiger partial charge in [0.05, 0.1) is 0 Å². The number of thiol groups is 1. The molecule has 306 valence electrons. The van der Waals surface area contributed by atoms with Gasteiger partial charge in [0.2, 0.25) is 5.91 Å². The van der Waals surface area contributed by atoms with Gasteiger partial charge in [-0.25, -0.2) is 0 Å². The first-order valence-electron chi connectivity index (χ1n) is 20.9. The highest BCUT2D eigenvalue weighted by Crippen LogP contribution is 2.32. The molecule has 4 aromatic rings. The summed E-state index contributed by atoms with van der Waals surface area (Å²) in [6, 6.07) is 35.8. The van der Waals surface area contributed by atoms with Crippen molar-refractivity contribution in [1.29, 1.82) is 0 Å². The Balaban J connectivity index is 1.22. The fourth-order valence-electron chi connectivity index (χ4n) is 7.67. The van der Waals surface area contributed by atoms with Crippen LogP contribution in [0.1, 0.15) is 99.8 Å². The number of carbonyl (C=O) groups is 1.